The minimum Gasteiger partial charge on any atom is -0.286 e. The lowest BCUT2D eigenvalue weighted by Crippen LogP contribution is -2.21. The van der Waals surface area contributed by atoms with Crippen molar-refractivity contribution in [3.05, 3.63) is 42.1 Å². The average Bonchev–Trinajstić information content (AvgIpc) is 2.26. The largest absolute Gasteiger partial charge is 0.384 e. The van der Waals surface area contributed by atoms with Crippen LogP contribution in [0.3, 0.4) is 0 Å². The van der Waals surface area contributed by atoms with Gasteiger partial charge >= 0.3 is 5.38 Å². The molecule has 2 aromatic rings. The first-order valence-electron chi connectivity index (χ1n) is 4.45. The lowest BCUT2D eigenvalue weighted by Gasteiger charge is -2.06. The number of fused-ring (bicyclic) bond motifs is 1. The normalized spacial score (nSPS) is 11.7. The molecule has 0 saturated heterocycles. The molecule has 0 aliphatic rings. The third-order valence-corrected chi connectivity index (χ3v) is 2.30. The number of carbonyl (C=O) groups excluding carboxylic acids is 1. The zero-order chi connectivity index (χ0) is 11.8. The highest BCUT2D eigenvalue weighted by Crippen LogP contribution is 2.25. The molecule has 1 aromatic heterocycles. The van der Waals surface area contributed by atoms with Crippen LogP contribution in [0.1, 0.15) is 10.4 Å². The molecular weight excluding hydrogens is 236 g/mol. The fraction of sp³-hybridized carbons (Fsp3) is 0.0909. The van der Waals surface area contributed by atoms with Crippen LogP contribution >= 0.6 is 11.6 Å². The maximum atomic E-state index is 12.6. The maximum Gasteiger partial charge on any atom is 0.384 e. The van der Waals surface area contributed by atoms with E-state index in [0.717, 1.165) is 5.39 Å². The predicted octanol–water partition coefficient (Wildman–Crippen LogP) is 3.25. The zero-order valence-corrected chi connectivity index (χ0v) is 8.71. The summed E-state index contributed by atoms with van der Waals surface area (Å²) in [5.74, 6) is -1.42. The molecule has 1 aromatic carbocycles. The summed E-state index contributed by atoms with van der Waals surface area (Å²) in [5, 5.41) is -3.10. The Labute approximate surface area is 94.9 Å². The highest BCUT2D eigenvalue weighted by atomic mass is 35.5. The second kappa shape index (κ2) is 3.79. The number of alkyl halides is 3. The molecule has 0 atom stereocenters. The van der Waals surface area contributed by atoms with Gasteiger partial charge in [0, 0.05) is 17.1 Å². The molecule has 0 amide bonds. The smallest absolute Gasteiger partial charge is 0.286 e. The van der Waals surface area contributed by atoms with Crippen molar-refractivity contribution >= 4 is 28.3 Å². The predicted molar refractivity (Wildman–Crippen MR) is 56.9 cm³/mol. The van der Waals surface area contributed by atoms with Gasteiger partial charge in [-0.1, -0.05) is 18.2 Å². The number of ketones is 1. The fourth-order valence-corrected chi connectivity index (χ4v) is 1.48. The summed E-state index contributed by atoms with van der Waals surface area (Å²) in [4.78, 5) is 15.2. The molecule has 16 heavy (non-hydrogen) atoms. The van der Waals surface area contributed by atoms with Gasteiger partial charge in [-0.3, -0.25) is 9.78 Å². The summed E-state index contributed by atoms with van der Waals surface area (Å²) >= 11 is 4.67. The standard InChI is InChI=1S/C11H6ClF2NO/c12-11(13,14)10(16)8-4-3-7-2-1-5-15-9(7)6-8/h1-6H. The van der Waals surface area contributed by atoms with E-state index in [-0.39, 0.29) is 5.56 Å². The SMILES string of the molecule is O=C(c1ccc2cccnc2c1)C(F)(F)Cl. The number of hydrogen-bond donors (Lipinski definition) is 0. The third kappa shape index (κ3) is 2.02. The maximum absolute atomic E-state index is 12.6. The van der Waals surface area contributed by atoms with E-state index in [0.29, 0.717) is 5.52 Å². The number of pyridine rings is 1. The van der Waals surface area contributed by atoms with Gasteiger partial charge in [-0.2, -0.15) is 8.78 Å². The van der Waals surface area contributed by atoms with Gasteiger partial charge in [0.15, 0.2) is 0 Å². The van der Waals surface area contributed by atoms with Crippen LogP contribution in [0.15, 0.2) is 36.5 Å². The Bertz CT molecular complexity index is 551. The minimum atomic E-state index is -3.87. The Morgan fingerprint density at radius 2 is 2.06 bits per heavy atom. The number of halogens is 3. The first-order valence-corrected chi connectivity index (χ1v) is 4.82. The second-order valence-corrected chi connectivity index (χ2v) is 3.71. The lowest BCUT2D eigenvalue weighted by atomic mass is 10.1. The van der Waals surface area contributed by atoms with Crippen LogP contribution < -0.4 is 0 Å². The van der Waals surface area contributed by atoms with Gasteiger partial charge in [-0.05, 0) is 23.7 Å². The summed E-state index contributed by atoms with van der Waals surface area (Å²) in [6.07, 6.45) is 1.52. The minimum absolute atomic E-state index is 0.147. The van der Waals surface area contributed by atoms with Crippen molar-refractivity contribution in [2.45, 2.75) is 5.38 Å². The van der Waals surface area contributed by atoms with Gasteiger partial charge in [0.1, 0.15) is 0 Å². The molecule has 0 aliphatic carbocycles. The Morgan fingerprint density at radius 1 is 1.31 bits per heavy atom. The van der Waals surface area contributed by atoms with E-state index in [4.69, 9.17) is 0 Å². The van der Waals surface area contributed by atoms with Crippen LogP contribution in [-0.4, -0.2) is 16.1 Å². The number of nitrogens with zero attached hydrogens (tertiary/aromatic N) is 1. The summed E-state index contributed by atoms with van der Waals surface area (Å²) < 4.78 is 25.2. The van der Waals surface area contributed by atoms with Crippen LogP contribution in [0.2, 0.25) is 0 Å². The van der Waals surface area contributed by atoms with Crippen LogP contribution in [-0.2, 0) is 0 Å². The number of benzene rings is 1. The molecule has 0 bridgehead atoms. The Kier molecular flexibility index (Phi) is 2.59. The molecule has 5 heteroatoms. The molecule has 0 N–H and O–H groups in total. The zero-order valence-electron chi connectivity index (χ0n) is 7.95. The highest BCUT2D eigenvalue weighted by molar-refractivity contribution is 6.35. The molecule has 2 rings (SSSR count). The molecule has 0 saturated carbocycles. The molecule has 0 unspecified atom stereocenters. The van der Waals surface area contributed by atoms with Gasteiger partial charge in [0.25, 0.3) is 0 Å². The summed E-state index contributed by atoms with van der Waals surface area (Å²) in [6, 6.07) is 7.66. The molecule has 1 heterocycles. The highest BCUT2D eigenvalue weighted by Gasteiger charge is 2.36. The van der Waals surface area contributed by atoms with Crippen LogP contribution in [0, 0.1) is 0 Å². The number of hydrogen-bond acceptors (Lipinski definition) is 2. The molecule has 0 radical (unpaired) electrons. The van der Waals surface area contributed by atoms with E-state index in [1.807, 2.05) is 0 Å². The fourth-order valence-electron chi connectivity index (χ4n) is 1.37. The van der Waals surface area contributed by atoms with Crippen molar-refractivity contribution in [1.82, 2.24) is 4.98 Å². The van der Waals surface area contributed by atoms with Gasteiger partial charge in [0.05, 0.1) is 5.52 Å². The van der Waals surface area contributed by atoms with Crippen LogP contribution in [0.25, 0.3) is 10.9 Å². The van der Waals surface area contributed by atoms with E-state index in [9.17, 15) is 13.6 Å². The number of rotatable bonds is 2. The number of carbonyl (C=O) groups is 1. The topological polar surface area (TPSA) is 30.0 Å². The van der Waals surface area contributed by atoms with Crippen molar-refractivity contribution in [2.24, 2.45) is 0 Å². The van der Waals surface area contributed by atoms with E-state index >= 15 is 0 Å². The molecule has 0 spiro atoms. The van der Waals surface area contributed by atoms with Crippen molar-refractivity contribution in [1.29, 1.82) is 0 Å². The van der Waals surface area contributed by atoms with Crippen LogP contribution in [0.5, 0.6) is 0 Å². The molecule has 2 nitrogen and oxygen atoms in total. The molecule has 0 aliphatic heterocycles. The first-order chi connectivity index (χ1) is 7.48. The van der Waals surface area contributed by atoms with E-state index in [1.165, 1.54) is 18.3 Å². The van der Waals surface area contributed by atoms with Crippen molar-refractivity contribution in [3.63, 3.8) is 0 Å². The summed E-state index contributed by atoms with van der Waals surface area (Å²) in [5.41, 5.74) is 0.334. The quantitative estimate of drug-likeness (QED) is 0.597. The van der Waals surface area contributed by atoms with E-state index in [2.05, 4.69) is 16.6 Å². The molecule has 0 fully saturated rings. The number of aromatic nitrogens is 1. The Hall–Kier alpha value is -1.55. The van der Waals surface area contributed by atoms with Crippen molar-refractivity contribution in [2.75, 3.05) is 0 Å². The molecule has 82 valence electrons. The number of Topliss-reactive ketones (excluding diaryl/α,β-unsaturated/α-hetero) is 1. The van der Waals surface area contributed by atoms with Gasteiger partial charge < -0.3 is 0 Å². The Balaban J connectivity index is 2.52. The monoisotopic (exact) mass is 241 g/mol. The van der Waals surface area contributed by atoms with E-state index < -0.39 is 11.2 Å². The van der Waals surface area contributed by atoms with Crippen molar-refractivity contribution < 1.29 is 13.6 Å². The lowest BCUT2D eigenvalue weighted by molar-refractivity contribution is 0.0536. The first kappa shape index (κ1) is 11.0. The Morgan fingerprint density at radius 3 is 2.75 bits per heavy atom. The summed E-state index contributed by atoms with van der Waals surface area (Å²) in [6.45, 7) is 0. The second-order valence-electron chi connectivity index (χ2n) is 3.24. The van der Waals surface area contributed by atoms with Gasteiger partial charge in [-0.15, -0.1) is 0 Å². The molecular formula is C11H6ClF2NO. The van der Waals surface area contributed by atoms with Gasteiger partial charge in [-0.25, -0.2) is 0 Å². The summed E-state index contributed by atoms with van der Waals surface area (Å²) in [7, 11) is 0. The van der Waals surface area contributed by atoms with Gasteiger partial charge in [0.2, 0.25) is 5.78 Å². The average molecular weight is 242 g/mol. The van der Waals surface area contributed by atoms with Crippen LogP contribution in [0.4, 0.5) is 8.78 Å². The van der Waals surface area contributed by atoms with E-state index in [1.54, 1.807) is 18.2 Å². The third-order valence-electron chi connectivity index (χ3n) is 2.13. The van der Waals surface area contributed by atoms with Crippen molar-refractivity contribution in [3.8, 4) is 0 Å².